The number of aromatic nitrogens is 2. The molecule has 0 unspecified atom stereocenters. The lowest BCUT2D eigenvalue weighted by Crippen LogP contribution is -2.40. The van der Waals surface area contributed by atoms with Crippen LogP contribution >= 0.6 is 0 Å². The van der Waals surface area contributed by atoms with E-state index in [4.69, 9.17) is 4.52 Å². The fourth-order valence-corrected chi connectivity index (χ4v) is 1.82. The molecular weight excluding hydrogens is 259 g/mol. The van der Waals surface area contributed by atoms with Gasteiger partial charge in [0.15, 0.2) is 0 Å². The van der Waals surface area contributed by atoms with E-state index in [9.17, 15) is 13.2 Å². The molecule has 2 aromatic rings. The van der Waals surface area contributed by atoms with Gasteiger partial charge in [-0.2, -0.15) is 18.2 Å². The summed E-state index contributed by atoms with van der Waals surface area (Å²) in [5.41, 5.74) is -0.418. The average molecular weight is 269 g/mol. The molecule has 1 N–H and O–H groups in total. The van der Waals surface area contributed by atoms with Gasteiger partial charge in [-0.15, -0.1) is 0 Å². The minimum Gasteiger partial charge on any atom is -0.339 e. The summed E-state index contributed by atoms with van der Waals surface area (Å²) in [5, 5.41) is 6.79. The minimum absolute atomic E-state index is 0.159. The van der Waals surface area contributed by atoms with Crippen LogP contribution in [0.5, 0.6) is 0 Å². The summed E-state index contributed by atoms with van der Waals surface area (Å²) in [4.78, 5) is 4.14. The molecule has 0 amide bonds. The van der Waals surface area contributed by atoms with Crippen LogP contribution in [0.4, 0.5) is 13.2 Å². The second-order valence-corrected chi connectivity index (χ2v) is 4.39. The Morgan fingerprint density at radius 1 is 1.26 bits per heavy atom. The zero-order valence-corrected chi connectivity index (χ0v) is 9.74. The van der Waals surface area contributed by atoms with E-state index in [2.05, 4.69) is 15.5 Å². The Kier molecular flexibility index (Phi) is 2.78. The number of nitrogens with zero attached hydrogens (tertiary/aromatic N) is 2. The van der Waals surface area contributed by atoms with Gasteiger partial charge in [0.1, 0.15) is 0 Å². The number of hydrogen-bond acceptors (Lipinski definition) is 4. The van der Waals surface area contributed by atoms with Gasteiger partial charge in [0.05, 0.1) is 11.5 Å². The van der Waals surface area contributed by atoms with Crippen molar-refractivity contribution in [1.29, 1.82) is 0 Å². The molecule has 0 bridgehead atoms. The first-order chi connectivity index (χ1) is 9.04. The van der Waals surface area contributed by atoms with Crippen LogP contribution in [0, 0.1) is 0 Å². The Bertz CT molecular complexity index is 590. The van der Waals surface area contributed by atoms with Crippen LogP contribution in [0.2, 0.25) is 0 Å². The number of benzene rings is 1. The minimum atomic E-state index is -4.37. The molecule has 1 aliphatic rings. The highest BCUT2D eigenvalue weighted by atomic mass is 19.4. The molecule has 1 fully saturated rings. The van der Waals surface area contributed by atoms with Crippen molar-refractivity contribution < 1.29 is 17.7 Å². The first-order valence-corrected chi connectivity index (χ1v) is 5.76. The molecule has 0 atom stereocenters. The Morgan fingerprint density at radius 2 is 2.05 bits per heavy atom. The monoisotopic (exact) mass is 269 g/mol. The number of nitrogens with one attached hydrogen (secondary N) is 1. The Morgan fingerprint density at radius 3 is 2.68 bits per heavy atom. The predicted molar refractivity (Wildman–Crippen MR) is 60.3 cm³/mol. The largest absolute Gasteiger partial charge is 0.416 e. The molecule has 1 aromatic carbocycles. The molecule has 19 heavy (non-hydrogen) atoms. The number of rotatable bonds is 2. The third-order valence-corrected chi connectivity index (χ3v) is 3.02. The normalized spacial score (nSPS) is 16.4. The van der Waals surface area contributed by atoms with E-state index >= 15 is 0 Å². The quantitative estimate of drug-likeness (QED) is 0.909. The first kappa shape index (κ1) is 12.2. The Hall–Kier alpha value is -1.89. The fourth-order valence-electron chi connectivity index (χ4n) is 1.82. The molecule has 1 saturated heterocycles. The summed E-state index contributed by atoms with van der Waals surface area (Å²) in [6.45, 7) is 1.51. The summed E-state index contributed by atoms with van der Waals surface area (Å²) >= 11 is 0. The van der Waals surface area contributed by atoms with Crippen LogP contribution in [0.3, 0.4) is 0 Å². The fraction of sp³-hybridized carbons (Fsp3) is 0.333. The van der Waals surface area contributed by atoms with Crippen molar-refractivity contribution in [3.63, 3.8) is 0 Å². The maximum atomic E-state index is 12.6. The molecule has 1 aromatic heterocycles. The third-order valence-electron chi connectivity index (χ3n) is 3.02. The van der Waals surface area contributed by atoms with Crippen molar-refractivity contribution in [2.45, 2.75) is 12.1 Å². The summed E-state index contributed by atoms with van der Waals surface area (Å²) < 4.78 is 42.9. The van der Waals surface area contributed by atoms with Gasteiger partial charge in [-0.05, 0) is 12.1 Å². The van der Waals surface area contributed by atoms with Crippen molar-refractivity contribution in [2.24, 2.45) is 0 Å². The smallest absolute Gasteiger partial charge is 0.339 e. The highest BCUT2D eigenvalue weighted by Crippen LogP contribution is 2.31. The number of alkyl halides is 3. The molecule has 100 valence electrons. The predicted octanol–water partition coefficient (Wildman–Crippen LogP) is 2.44. The third kappa shape index (κ3) is 2.33. The van der Waals surface area contributed by atoms with Gasteiger partial charge >= 0.3 is 6.18 Å². The van der Waals surface area contributed by atoms with E-state index in [1.54, 1.807) is 0 Å². The van der Waals surface area contributed by atoms with E-state index in [-0.39, 0.29) is 11.7 Å². The summed E-state index contributed by atoms with van der Waals surface area (Å²) in [7, 11) is 0. The van der Waals surface area contributed by atoms with Crippen molar-refractivity contribution in [2.75, 3.05) is 13.1 Å². The second kappa shape index (κ2) is 4.34. The molecule has 0 spiro atoms. The molecule has 0 saturated carbocycles. The Labute approximate surface area is 106 Å². The van der Waals surface area contributed by atoms with Crippen LogP contribution in [0.25, 0.3) is 11.4 Å². The maximum Gasteiger partial charge on any atom is 0.416 e. The zero-order valence-electron chi connectivity index (χ0n) is 9.74. The lowest BCUT2D eigenvalue weighted by atomic mass is 10.0. The van der Waals surface area contributed by atoms with E-state index in [0.717, 1.165) is 25.2 Å². The van der Waals surface area contributed by atoms with Gasteiger partial charge < -0.3 is 9.84 Å². The van der Waals surface area contributed by atoms with Crippen LogP contribution in [0.1, 0.15) is 17.4 Å². The van der Waals surface area contributed by atoms with Gasteiger partial charge in [-0.1, -0.05) is 17.3 Å². The van der Waals surface area contributed by atoms with Crippen molar-refractivity contribution in [3.8, 4) is 11.4 Å². The van der Waals surface area contributed by atoms with Crippen molar-refractivity contribution >= 4 is 0 Å². The molecule has 1 aliphatic heterocycles. The van der Waals surface area contributed by atoms with Gasteiger partial charge in [0.25, 0.3) is 0 Å². The number of halogens is 3. The summed E-state index contributed by atoms with van der Waals surface area (Å²) in [5.74, 6) is 0.811. The summed E-state index contributed by atoms with van der Waals surface area (Å²) in [6.07, 6.45) is -4.37. The molecule has 4 nitrogen and oxygen atoms in total. The molecule has 7 heteroatoms. The summed E-state index contributed by atoms with van der Waals surface area (Å²) in [6, 6.07) is 4.90. The van der Waals surface area contributed by atoms with Crippen molar-refractivity contribution in [3.05, 3.63) is 35.7 Å². The van der Waals surface area contributed by atoms with Crippen LogP contribution in [0.15, 0.2) is 28.8 Å². The second-order valence-electron chi connectivity index (χ2n) is 4.39. The molecular formula is C12H10F3N3O. The van der Waals surface area contributed by atoms with E-state index in [1.165, 1.54) is 12.1 Å². The van der Waals surface area contributed by atoms with E-state index < -0.39 is 11.7 Å². The van der Waals surface area contributed by atoms with Crippen LogP contribution in [-0.2, 0) is 6.18 Å². The molecule has 0 aliphatic carbocycles. The van der Waals surface area contributed by atoms with Gasteiger partial charge in [0, 0.05) is 18.7 Å². The van der Waals surface area contributed by atoms with Gasteiger partial charge in [-0.25, -0.2) is 0 Å². The topological polar surface area (TPSA) is 51.0 Å². The lowest BCUT2D eigenvalue weighted by Gasteiger charge is -2.22. The van der Waals surface area contributed by atoms with Gasteiger partial charge in [-0.3, -0.25) is 0 Å². The molecule has 3 rings (SSSR count). The molecule has 2 heterocycles. The number of hydrogen-bond donors (Lipinski definition) is 1. The Balaban J connectivity index is 1.91. The lowest BCUT2D eigenvalue weighted by molar-refractivity contribution is -0.137. The van der Waals surface area contributed by atoms with Crippen LogP contribution in [-0.4, -0.2) is 23.2 Å². The standard InChI is InChI=1S/C12H10F3N3O/c13-12(14,15)9-3-1-2-7(4-9)10-17-11(19-18-10)8-5-16-6-8/h1-4,8,16H,5-6H2. The van der Waals surface area contributed by atoms with E-state index in [0.29, 0.717) is 11.5 Å². The van der Waals surface area contributed by atoms with Gasteiger partial charge in [0.2, 0.25) is 11.7 Å². The molecule has 0 radical (unpaired) electrons. The van der Waals surface area contributed by atoms with Crippen molar-refractivity contribution in [1.82, 2.24) is 15.5 Å². The first-order valence-electron chi connectivity index (χ1n) is 5.76. The maximum absolute atomic E-state index is 12.6. The van der Waals surface area contributed by atoms with Crippen LogP contribution < -0.4 is 5.32 Å². The zero-order chi connectivity index (χ0) is 13.5. The average Bonchev–Trinajstić information content (AvgIpc) is 2.75. The highest BCUT2D eigenvalue weighted by molar-refractivity contribution is 5.55. The van der Waals surface area contributed by atoms with E-state index in [1.807, 2.05) is 0 Å². The SMILES string of the molecule is FC(F)(F)c1cccc(-c2noc(C3CNC3)n2)c1. The highest BCUT2D eigenvalue weighted by Gasteiger charge is 2.31.